The van der Waals surface area contributed by atoms with Crippen molar-refractivity contribution < 1.29 is 4.79 Å². The van der Waals surface area contributed by atoms with Gasteiger partial charge in [0, 0.05) is 15.6 Å². The van der Waals surface area contributed by atoms with Crippen LogP contribution in [0.2, 0.25) is 0 Å². The number of nitrogen functional groups attached to an aromatic ring is 1. The van der Waals surface area contributed by atoms with Crippen LogP contribution in [0.5, 0.6) is 0 Å². The Bertz CT molecular complexity index is 545. The molecule has 0 spiro atoms. The Morgan fingerprint density at radius 3 is 2.61 bits per heavy atom. The predicted octanol–water partition coefficient (Wildman–Crippen LogP) is 3.46. The average Bonchev–Trinajstić information content (AvgIpc) is 2.37. The van der Waals surface area contributed by atoms with Gasteiger partial charge in [-0.3, -0.25) is 0 Å². The molecule has 0 aliphatic heterocycles. The van der Waals surface area contributed by atoms with Crippen molar-refractivity contribution in [2.24, 2.45) is 0 Å². The van der Waals surface area contributed by atoms with Crippen LogP contribution in [0.4, 0.5) is 5.82 Å². The molecule has 1 unspecified atom stereocenters. The maximum atomic E-state index is 11.2. The molecule has 1 aromatic heterocycles. The van der Waals surface area contributed by atoms with Crippen LogP contribution in [-0.4, -0.2) is 11.3 Å². The maximum absolute atomic E-state index is 11.2. The van der Waals surface area contributed by atoms with E-state index >= 15 is 0 Å². The van der Waals surface area contributed by atoms with Crippen LogP contribution in [-0.2, 0) is 4.79 Å². The second-order valence-electron chi connectivity index (χ2n) is 3.64. The van der Waals surface area contributed by atoms with E-state index in [-0.39, 0.29) is 5.25 Å². The minimum Gasteiger partial charge on any atom is -0.384 e. The fraction of sp³-hybridized carbons (Fsp3) is 0.0769. The van der Waals surface area contributed by atoms with Gasteiger partial charge in [0.25, 0.3) is 0 Å². The Balaban J connectivity index is 2.19. The highest BCUT2D eigenvalue weighted by molar-refractivity contribution is 9.10. The number of aromatic nitrogens is 1. The number of carbonyl (C=O) groups excluding carboxylic acids is 1. The summed E-state index contributed by atoms with van der Waals surface area (Å²) in [5, 5.41) is -0.236. The summed E-state index contributed by atoms with van der Waals surface area (Å²) in [4.78, 5) is 16.1. The van der Waals surface area contributed by atoms with Gasteiger partial charge in [0.2, 0.25) is 0 Å². The SMILES string of the molecule is Nc1cc(SC(C=O)c2ccc(Br)cc2)ccn1. The van der Waals surface area contributed by atoms with Crippen LogP contribution in [0.15, 0.2) is 52.0 Å². The van der Waals surface area contributed by atoms with Crippen LogP contribution in [0.1, 0.15) is 10.8 Å². The van der Waals surface area contributed by atoms with Crippen molar-refractivity contribution in [2.45, 2.75) is 10.1 Å². The van der Waals surface area contributed by atoms with Gasteiger partial charge in [0.1, 0.15) is 12.1 Å². The number of hydrogen-bond donors (Lipinski definition) is 1. The summed E-state index contributed by atoms with van der Waals surface area (Å²) in [7, 11) is 0. The third-order valence-electron chi connectivity index (χ3n) is 2.34. The lowest BCUT2D eigenvalue weighted by molar-refractivity contribution is -0.107. The minimum absolute atomic E-state index is 0.236. The summed E-state index contributed by atoms with van der Waals surface area (Å²) in [6, 6.07) is 11.3. The molecule has 0 bridgehead atoms. The number of nitrogens with zero attached hydrogens (tertiary/aromatic N) is 1. The second kappa shape index (κ2) is 6.02. The highest BCUT2D eigenvalue weighted by atomic mass is 79.9. The Labute approximate surface area is 118 Å². The molecule has 0 fully saturated rings. The lowest BCUT2D eigenvalue weighted by Gasteiger charge is -2.10. The Hall–Kier alpha value is -1.33. The summed E-state index contributed by atoms with van der Waals surface area (Å²) >= 11 is 4.83. The number of benzene rings is 1. The minimum atomic E-state index is -0.236. The van der Waals surface area contributed by atoms with Crippen molar-refractivity contribution in [1.29, 1.82) is 0 Å². The monoisotopic (exact) mass is 322 g/mol. The molecule has 2 N–H and O–H groups in total. The molecule has 2 aromatic rings. The number of nitrogens with two attached hydrogens (primary N) is 1. The Morgan fingerprint density at radius 1 is 1.28 bits per heavy atom. The van der Waals surface area contributed by atoms with Crippen molar-refractivity contribution in [1.82, 2.24) is 4.98 Å². The van der Waals surface area contributed by atoms with Crippen molar-refractivity contribution in [3.05, 3.63) is 52.6 Å². The molecular formula is C13H11BrN2OS. The molecule has 1 atom stereocenters. The summed E-state index contributed by atoms with van der Waals surface area (Å²) < 4.78 is 0.994. The zero-order chi connectivity index (χ0) is 13.0. The van der Waals surface area contributed by atoms with Crippen LogP contribution in [0.3, 0.4) is 0 Å². The van der Waals surface area contributed by atoms with E-state index in [1.54, 1.807) is 12.3 Å². The van der Waals surface area contributed by atoms with Crippen LogP contribution >= 0.6 is 27.7 Å². The number of thioether (sulfide) groups is 1. The Morgan fingerprint density at radius 2 is 2.00 bits per heavy atom. The molecule has 0 saturated carbocycles. The first-order valence-electron chi connectivity index (χ1n) is 5.28. The largest absolute Gasteiger partial charge is 0.384 e. The van der Waals surface area contributed by atoms with Gasteiger partial charge in [0.15, 0.2) is 0 Å². The van der Waals surface area contributed by atoms with Crippen LogP contribution < -0.4 is 5.73 Å². The van der Waals surface area contributed by atoms with Crippen molar-refractivity contribution in [3.63, 3.8) is 0 Å². The maximum Gasteiger partial charge on any atom is 0.137 e. The molecule has 0 aliphatic carbocycles. The average molecular weight is 323 g/mol. The standard InChI is InChI=1S/C13H11BrN2OS/c14-10-3-1-9(2-4-10)12(8-17)18-11-5-6-16-13(15)7-11/h1-8,12H,(H2,15,16). The molecule has 2 rings (SSSR count). The van der Waals surface area contributed by atoms with Gasteiger partial charge in [-0.15, -0.1) is 11.8 Å². The van der Waals surface area contributed by atoms with Gasteiger partial charge in [-0.2, -0.15) is 0 Å². The third kappa shape index (κ3) is 3.34. The molecule has 18 heavy (non-hydrogen) atoms. The number of aldehydes is 1. The van der Waals surface area contributed by atoms with E-state index in [2.05, 4.69) is 20.9 Å². The molecule has 1 heterocycles. The fourth-order valence-electron chi connectivity index (χ4n) is 1.47. The zero-order valence-corrected chi connectivity index (χ0v) is 11.8. The van der Waals surface area contributed by atoms with Crippen molar-refractivity contribution >= 4 is 39.8 Å². The number of halogens is 1. The zero-order valence-electron chi connectivity index (χ0n) is 9.42. The molecule has 0 radical (unpaired) electrons. The highest BCUT2D eigenvalue weighted by Gasteiger charge is 2.12. The molecular weight excluding hydrogens is 312 g/mol. The Kier molecular flexibility index (Phi) is 4.38. The normalized spacial score (nSPS) is 12.1. The van der Waals surface area contributed by atoms with E-state index in [0.717, 1.165) is 21.2 Å². The van der Waals surface area contributed by atoms with E-state index in [1.807, 2.05) is 30.3 Å². The first-order chi connectivity index (χ1) is 8.69. The molecule has 1 aromatic carbocycles. The summed E-state index contributed by atoms with van der Waals surface area (Å²) in [5.74, 6) is 0.459. The number of anilines is 1. The summed E-state index contributed by atoms with van der Waals surface area (Å²) in [5.41, 5.74) is 6.58. The third-order valence-corrected chi connectivity index (χ3v) is 4.03. The molecule has 92 valence electrons. The van der Waals surface area contributed by atoms with E-state index in [1.165, 1.54) is 11.8 Å². The summed E-state index contributed by atoms with van der Waals surface area (Å²) in [6.45, 7) is 0. The first kappa shape index (κ1) is 13.1. The quantitative estimate of drug-likeness (QED) is 0.691. The van der Waals surface area contributed by atoms with Crippen molar-refractivity contribution in [3.8, 4) is 0 Å². The van der Waals surface area contributed by atoms with Gasteiger partial charge in [-0.25, -0.2) is 4.98 Å². The fourth-order valence-corrected chi connectivity index (χ4v) is 2.71. The molecule has 0 amide bonds. The van der Waals surface area contributed by atoms with E-state index < -0.39 is 0 Å². The molecule has 3 nitrogen and oxygen atoms in total. The second-order valence-corrected chi connectivity index (χ2v) is 5.77. The number of hydrogen-bond acceptors (Lipinski definition) is 4. The van der Waals surface area contributed by atoms with Crippen molar-refractivity contribution in [2.75, 3.05) is 5.73 Å². The van der Waals surface area contributed by atoms with Gasteiger partial charge < -0.3 is 10.5 Å². The lowest BCUT2D eigenvalue weighted by atomic mass is 10.2. The number of rotatable bonds is 4. The van der Waals surface area contributed by atoms with Gasteiger partial charge in [0.05, 0.1) is 5.25 Å². The topological polar surface area (TPSA) is 56.0 Å². The number of pyridine rings is 1. The first-order valence-corrected chi connectivity index (χ1v) is 6.95. The lowest BCUT2D eigenvalue weighted by Crippen LogP contribution is -1.96. The van der Waals surface area contributed by atoms with E-state index in [9.17, 15) is 4.79 Å². The molecule has 0 aliphatic rings. The smallest absolute Gasteiger partial charge is 0.137 e. The molecule has 0 saturated heterocycles. The van der Waals surface area contributed by atoms with Gasteiger partial charge in [-0.05, 0) is 29.8 Å². The van der Waals surface area contributed by atoms with Crippen LogP contribution in [0.25, 0.3) is 0 Å². The molecule has 5 heteroatoms. The van der Waals surface area contributed by atoms with Crippen LogP contribution in [0, 0.1) is 0 Å². The van der Waals surface area contributed by atoms with E-state index in [4.69, 9.17) is 5.73 Å². The van der Waals surface area contributed by atoms with E-state index in [0.29, 0.717) is 5.82 Å². The van der Waals surface area contributed by atoms with Gasteiger partial charge in [-0.1, -0.05) is 28.1 Å². The predicted molar refractivity (Wildman–Crippen MR) is 77.5 cm³/mol. The highest BCUT2D eigenvalue weighted by Crippen LogP contribution is 2.34. The summed E-state index contributed by atoms with van der Waals surface area (Å²) in [6.07, 6.45) is 2.58. The number of carbonyl (C=O) groups is 1. The van der Waals surface area contributed by atoms with Gasteiger partial charge >= 0.3 is 0 Å².